The van der Waals surface area contributed by atoms with Gasteiger partial charge in [-0.25, -0.2) is 4.98 Å². The molecule has 0 unspecified atom stereocenters. The summed E-state index contributed by atoms with van der Waals surface area (Å²) in [4.78, 5) is 23.6. The number of nitrogens with one attached hydrogen (secondary N) is 3. The van der Waals surface area contributed by atoms with Crippen LogP contribution >= 0.6 is 11.3 Å². The average Bonchev–Trinajstić information content (AvgIpc) is 3.40. The highest BCUT2D eigenvalue weighted by Crippen LogP contribution is 2.13. The molecule has 0 radical (unpaired) electrons. The van der Waals surface area contributed by atoms with E-state index in [9.17, 15) is 4.79 Å². The summed E-state index contributed by atoms with van der Waals surface area (Å²) in [5, 5.41) is 9.43. The summed E-state index contributed by atoms with van der Waals surface area (Å²) in [5.41, 5.74) is 5.04. The molecular formula is C21H30N6OS. The number of guanidine groups is 1. The molecule has 0 saturated carbocycles. The molecule has 3 N–H and O–H groups in total. The first-order valence-electron chi connectivity index (χ1n) is 10.1. The van der Waals surface area contributed by atoms with Crippen LogP contribution < -0.4 is 16.0 Å². The van der Waals surface area contributed by atoms with Gasteiger partial charge in [0.05, 0.1) is 11.2 Å². The van der Waals surface area contributed by atoms with Crippen molar-refractivity contribution in [3.05, 3.63) is 51.5 Å². The summed E-state index contributed by atoms with van der Waals surface area (Å²) >= 11 is 1.36. The standard InChI is InChI=1S/C21H30N6OS/c1-16-19(29-15-26-16)20(28)23-9-10-24-21(22-2)25-13-17-5-7-18(8-6-17)14-27-11-3-4-12-27/h5-8,15H,3-4,9-14H2,1-2H3,(H,23,28)(H2,22,24,25). The number of thiazole rings is 1. The van der Waals surface area contributed by atoms with Crippen molar-refractivity contribution in [3.8, 4) is 0 Å². The second kappa shape index (κ2) is 10.9. The minimum Gasteiger partial charge on any atom is -0.355 e. The van der Waals surface area contributed by atoms with Gasteiger partial charge in [-0.2, -0.15) is 0 Å². The van der Waals surface area contributed by atoms with Gasteiger partial charge in [-0.15, -0.1) is 11.3 Å². The molecule has 0 aliphatic carbocycles. The van der Waals surface area contributed by atoms with Crippen LogP contribution in [0.15, 0.2) is 34.8 Å². The highest BCUT2D eigenvalue weighted by atomic mass is 32.1. The number of rotatable bonds is 8. The molecule has 7 nitrogen and oxygen atoms in total. The molecule has 2 heterocycles. The first-order chi connectivity index (χ1) is 14.2. The maximum Gasteiger partial charge on any atom is 0.263 e. The summed E-state index contributed by atoms with van der Waals surface area (Å²) in [6.07, 6.45) is 2.64. The Hall–Kier alpha value is -2.45. The molecular weight excluding hydrogens is 384 g/mol. The highest BCUT2D eigenvalue weighted by Gasteiger charge is 2.12. The minimum absolute atomic E-state index is 0.0798. The fraction of sp³-hybridized carbons (Fsp3) is 0.476. The molecule has 156 valence electrons. The van der Waals surface area contributed by atoms with Crippen LogP contribution in [-0.4, -0.2) is 55.0 Å². The van der Waals surface area contributed by atoms with Crippen molar-refractivity contribution in [1.82, 2.24) is 25.8 Å². The first-order valence-corrected chi connectivity index (χ1v) is 11.0. The molecule has 1 aliphatic heterocycles. The Morgan fingerprint density at radius 3 is 2.45 bits per heavy atom. The number of amides is 1. The van der Waals surface area contributed by atoms with Crippen molar-refractivity contribution in [2.75, 3.05) is 33.2 Å². The van der Waals surface area contributed by atoms with E-state index in [4.69, 9.17) is 0 Å². The number of likely N-dealkylation sites (tertiary alicyclic amines) is 1. The summed E-state index contributed by atoms with van der Waals surface area (Å²) in [6.45, 7) is 7.14. The smallest absolute Gasteiger partial charge is 0.263 e. The Bertz CT molecular complexity index is 811. The SMILES string of the molecule is CN=C(NCCNC(=O)c1scnc1C)NCc1ccc(CN2CCCC2)cc1. The molecule has 8 heteroatoms. The van der Waals surface area contributed by atoms with Gasteiger partial charge < -0.3 is 16.0 Å². The number of nitrogens with zero attached hydrogens (tertiary/aromatic N) is 3. The topological polar surface area (TPSA) is 81.6 Å². The van der Waals surface area contributed by atoms with E-state index in [0.29, 0.717) is 24.5 Å². The highest BCUT2D eigenvalue weighted by molar-refractivity contribution is 7.11. The number of aryl methyl sites for hydroxylation is 1. The normalized spacial score (nSPS) is 14.8. The molecule has 1 amide bonds. The van der Waals surface area contributed by atoms with Gasteiger partial charge >= 0.3 is 0 Å². The summed E-state index contributed by atoms with van der Waals surface area (Å²) in [5.74, 6) is 0.637. The lowest BCUT2D eigenvalue weighted by molar-refractivity contribution is 0.0957. The van der Waals surface area contributed by atoms with E-state index in [2.05, 4.69) is 55.1 Å². The van der Waals surface area contributed by atoms with E-state index in [0.717, 1.165) is 18.2 Å². The number of aliphatic imine (C=N–C) groups is 1. The van der Waals surface area contributed by atoms with Crippen LogP contribution in [0.5, 0.6) is 0 Å². The fourth-order valence-corrected chi connectivity index (χ4v) is 4.04. The van der Waals surface area contributed by atoms with Gasteiger partial charge in [0.1, 0.15) is 4.88 Å². The number of hydrogen-bond acceptors (Lipinski definition) is 5. The maximum atomic E-state index is 12.1. The Kier molecular flexibility index (Phi) is 8.01. The fourth-order valence-electron chi connectivity index (χ4n) is 3.32. The number of aromatic nitrogens is 1. The summed E-state index contributed by atoms with van der Waals surface area (Å²) < 4.78 is 0. The predicted molar refractivity (Wildman–Crippen MR) is 118 cm³/mol. The molecule has 2 aromatic rings. The van der Waals surface area contributed by atoms with Crippen molar-refractivity contribution in [3.63, 3.8) is 0 Å². The van der Waals surface area contributed by atoms with Crippen molar-refractivity contribution < 1.29 is 4.79 Å². The molecule has 0 spiro atoms. The van der Waals surface area contributed by atoms with E-state index in [1.807, 2.05) is 6.92 Å². The lowest BCUT2D eigenvalue weighted by Crippen LogP contribution is -2.41. The Balaban J connectivity index is 1.35. The van der Waals surface area contributed by atoms with Crippen LogP contribution in [0.25, 0.3) is 0 Å². The zero-order chi connectivity index (χ0) is 20.5. The summed E-state index contributed by atoms with van der Waals surface area (Å²) in [6, 6.07) is 8.76. The van der Waals surface area contributed by atoms with E-state index >= 15 is 0 Å². The molecule has 0 atom stereocenters. The third-order valence-corrected chi connectivity index (χ3v) is 5.89. The number of hydrogen-bond donors (Lipinski definition) is 3. The quantitative estimate of drug-likeness (QED) is 0.350. The van der Waals surface area contributed by atoms with E-state index < -0.39 is 0 Å². The third-order valence-electron chi connectivity index (χ3n) is 4.97. The van der Waals surface area contributed by atoms with Gasteiger partial charge in [0.2, 0.25) is 0 Å². The van der Waals surface area contributed by atoms with E-state index in [-0.39, 0.29) is 5.91 Å². The molecule has 0 bridgehead atoms. The van der Waals surface area contributed by atoms with Gasteiger partial charge in [0.25, 0.3) is 5.91 Å². The van der Waals surface area contributed by atoms with Gasteiger partial charge in [0, 0.05) is 33.2 Å². The second-order valence-electron chi connectivity index (χ2n) is 7.18. The van der Waals surface area contributed by atoms with Crippen molar-refractivity contribution in [2.45, 2.75) is 32.9 Å². The Morgan fingerprint density at radius 2 is 1.79 bits per heavy atom. The van der Waals surface area contributed by atoms with Gasteiger partial charge in [-0.05, 0) is 44.0 Å². The molecule has 1 aromatic carbocycles. The third kappa shape index (κ3) is 6.54. The van der Waals surface area contributed by atoms with Crippen LogP contribution in [0.4, 0.5) is 0 Å². The Labute approximate surface area is 176 Å². The average molecular weight is 415 g/mol. The largest absolute Gasteiger partial charge is 0.355 e. The zero-order valence-corrected chi connectivity index (χ0v) is 18.0. The van der Waals surface area contributed by atoms with Crippen molar-refractivity contribution in [1.29, 1.82) is 0 Å². The lowest BCUT2D eigenvalue weighted by atomic mass is 10.1. The van der Waals surface area contributed by atoms with Gasteiger partial charge in [-0.1, -0.05) is 24.3 Å². The molecule has 1 aliphatic rings. The lowest BCUT2D eigenvalue weighted by Gasteiger charge is -2.15. The second-order valence-corrected chi connectivity index (χ2v) is 8.03. The van der Waals surface area contributed by atoms with E-state index in [1.54, 1.807) is 12.6 Å². The van der Waals surface area contributed by atoms with E-state index in [1.165, 1.54) is 48.4 Å². The maximum absolute atomic E-state index is 12.1. The molecule has 1 fully saturated rings. The molecule has 1 saturated heterocycles. The molecule has 3 rings (SSSR count). The zero-order valence-electron chi connectivity index (χ0n) is 17.2. The van der Waals surface area contributed by atoms with Crippen LogP contribution in [-0.2, 0) is 13.1 Å². The number of benzene rings is 1. The van der Waals surface area contributed by atoms with Crippen LogP contribution in [0.3, 0.4) is 0 Å². The van der Waals surface area contributed by atoms with Crippen molar-refractivity contribution >= 4 is 23.2 Å². The first kappa shape index (κ1) is 21.3. The molecule has 1 aromatic heterocycles. The van der Waals surface area contributed by atoms with Gasteiger partial charge in [0.15, 0.2) is 5.96 Å². The van der Waals surface area contributed by atoms with Crippen LogP contribution in [0, 0.1) is 6.92 Å². The number of carbonyl (C=O) groups excluding carboxylic acids is 1. The summed E-state index contributed by atoms with van der Waals surface area (Å²) in [7, 11) is 1.74. The van der Waals surface area contributed by atoms with Crippen LogP contribution in [0.2, 0.25) is 0 Å². The monoisotopic (exact) mass is 414 g/mol. The Morgan fingerprint density at radius 1 is 1.10 bits per heavy atom. The van der Waals surface area contributed by atoms with Gasteiger partial charge in [-0.3, -0.25) is 14.7 Å². The van der Waals surface area contributed by atoms with Crippen LogP contribution in [0.1, 0.15) is 39.3 Å². The predicted octanol–water partition coefficient (Wildman–Crippen LogP) is 2.14. The molecule has 29 heavy (non-hydrogen) atoms. The number of carbonyl (C=O) groups is 1. The van der Waals surface area contributed by atoms with Crippen molar-refractivity contribution in [2.24, 2.45) is 4.99 Å². The minimum atomic E-state index is -0.0798.